The third-order valence-electron chi connectivity index (χ3n) is 4.45. The van der Waals surface area contributed by atoms with Crippen LogP contribution in [0.2, 0.25) is 0 Å². The highest BCUT2D eigenvalue weighted by atomic mass is 16.2. The van der Waals surface area contributed by atoms with E-state index in [-0.39, 0.29) is 11.9 Å². The molecule has 1 aromatic rings. The highest BCUT2D eigenvalue weighted by molar-refractivity contribution is 5.76. The largest absolute Gasteiger partial charge is 0.307 e. The number of hydrogen-bond acceptors (Lipinski definition) is 3. The Bertz CT molecular complexity index is 474. The maximum atomic E-state index is 12.2. The minimum atomic E-state index is 0.124. The quantitative estimate of drug-likeness (QED) is 0.853. The number of carbonyl (C=O) groups is 1. The van der Waals surface area contributed by atoms with E-state index in [1.165, 1.54) is 0 Å². The zero-order valence-corrected chi connectivity index (χ0v) is 13.8. The van der Waals surface area contributed by atoms with Gasteiger partial charge in [0.15, 0.2) is 0 Å². The molecule has 0 aliphatic carbocycles. The average Bonchev–Trinajstić information content (AvgIpc) is 2.76. The van der Waals surface area contributed by atoms with Crippen LogP contribution in [0.15, 0.2) is 30.3 Å². The normalized spacial score (nSPS) is 23.7. The van der Waals surface area contributed by atoms with E-state index in [4.69, 9.17) is 0 Å². The van der Waals surface area contributed by atoms with Gasteiger partial charge in [-0.1, -0.05) is 18.2 Å². The fourth-order valence-electron chi connectivity index (χ4n) is 3.15. The Balaban J connectivity index is 2.24. The second-order valence-electron chi connectivity index (χ2n) is 6.33. The number of hydrazine groups is 1. The molecule has 1 heterocycles. The molecule has 1 aliphatic heterocycles. The van der Waals surface area contributed by atoms with Crippen LogP contribution in [0, 0.1) is 0 Å². The average molecular weight is 289 g/mol. The molecule has 0 radical (unpaired) electrons. The van der Waals surface area contributed by atoms with Crippen LogP contribution in [0.5, 0.6) is 0 Å². The first-order valence-electron chi connectivity index (χ1n) is 7.72. The molecule has 4 nitrogen and oxygen atoms in total. The van der Waals surface area contributed by atoms with Crippen molar-refractivity contribution in [3.8, 4) is 0 Å². The molecule has 1 aromatic carbocycles. The molecule has 116 valence electrons. The van der Waals surface area contributed by atoms with Crippen molar-refractivity contribution in [3.05, 3.63) is 30.3 Å². The molecule has 0 bridgehead atoms. The van der Waals surface area contributed by atoms with Crippen molar-refractivity contribution in [1.29, 1.82) is 0 Å². The van der Waals surface area contributed by atoms with E-state index in [1.807, 2.05) is 23.2 Å². The van der Waals surface area contributed by atoms with E-state index in [9.17, 15) is 4.79 Å². The number of nitrogens with zero attached hydrogens (tertiary/aromatic N) is 3. The van der Waals surface area contributed by atoms with E-state index in [2.05, 4.69) is 50.0 Å². The predicted molar refractivity (Wildman–Crippen MR) is 87.1 cm³/mol. The molecule has 2 rings (SSSR count). The van der Waals surface area contributed by atoms with Crippen molar-refractivity contribution in [1.82, 2.24) is 9.91 Å². The van der Waals surface area contributed by atoms with Crippen LogP contribution in [0.1, 0.15) is 33.6 Å². The van der Waals surface area contributed by atoms with Crippen molar-refractivity contribution in [3.63, 3.8) is 0 Å². The molecule has 4 heteroatoms. The molecule has 1 fully saturated rings. The van der Waals surface area contributed by atoms with Crippen molar-refractivity contribution >= 4 is 11.6 Å². The van der Waals surface area contributed by atoms with Crippen molar-refractivity contribution < 1.29 is 4.79 Å². The lowest BCUT2D eigenvalue weighted by molar-refractivity contribution is -0.130. The Hall–Kier alpha value is -1.55. The van der Waals surface area contributed by atoms with Gasteiger partial charge < -0.3 is 4.90 Å². The van der Waals surface area contributed by atoms with Crippen LogP contribution in [-0.2, 0) is 4.79 Å². The molecule has 0 N–H and O–H groups in total. The first kappa shape index (κ1) is 15.8. The predicted octanol–water partition coefficient (Wildman–Crippen LogP) is 2.76. The number of hydrogen-bond donors (Lipinski definition) is 0. The molecule has 0 saturated carbocycles. The molecule has 0 aromatic heterocycles. The van der Waals surface area contributed by atoms with Gasteiger partial charge in [-0.15, -0.1) is 0 Å². The minimum absolute atomic E-state index is 0.124. The molecule has 1 aliphatic rings. The van der Waals surface area contributed by atoms with Gasteiger partial charge in [0, 0.05) is 19.0 Å². The van der Waals surface area contributed by atoms with Crippen LogP contribution in [0.4, 0.5) is 5.69 Å². The smallest absolute Gasteiger partial charge is 0.238 e. The topological polar surface area (TPSA) is 26.8 Å². The van der Waals surface area contributed by atoms with E-state index < -0.39 is 0 Å². The van der Waals surface area contributed by atoms with Gasteiger partial charge in [-0.05, 0) is 52.9 Å². The van der Waals surface area contributed by atoms with Gasteiger partial charge in [-0.25, -0.2) is 0 Å². The summed E-state index contributed by atoms with van der Waals surface area (Å²) in [6.07, 6.45) is 2.02. The van der Waals surface area contributed by atoms with Gasteiger partial charge in [-0.2, -0.15) is 0 Å². The van der Waals surface area contributed by atoms with Gasteiger partial charge in [0.25, 0.3) is 0 Å². The summed E-state index contributed by atoms with van der Waals surface area (Å²) in [5, 5.41) is 4.12. The molecular weight excluding hydrogens is 262 g/mol. The number of anilines is 1. The summed E-state index contributed by atoms with van der Waals surface area (Å²) in [7, 11) is 4.19. The maximum Gasteiger partial charge on any atom is 0.238 e. The van der Waals surface area contributed by atoms with Crippen LogP contribution < -0.4 is 5.01 Å². The molecule has 3 unspecified atom stereocenters. The summed E-state index contributed by atoms with van der Waals surface area (Å²) in [5.41, 5.74) is 1.10. The van der Waals surface area contributed by atoms with E-state index in [0.717, 1.165) is 18.5 Å². The molecule has 1 amide bonds. The molecule has 1 saturated heterocycles. The molecule has 21 heavy (non-hydrogen) atoms. The van der Waals surface area contributed by atoms with E-state index in [1.54, 1.807) is 6.92 Å². The number of benzene rings is 1. The SMILES string of the molecule is CC(=O)N1C(CC(C)N(C)C)CC(C)N1c1ccccc1. The Morgan fingerprint density at radius 3 is 2.48 bits per heavy atom. The first-order valence-corrected chi connectivity index (χ1v) is 7.72. The van der Waals surface area contributed by atoms with Crippen molar-refractivity contribution in [2.45, 2.75) is 51.7 Å². The number of amides is 1. The van der Waals surface area contributed by atoms with Crippen LogP contribution >= 0.6 is 0 Å². The summed E-state index contributed by atoms with van der Waals surface area (Å²) in [4.78, 5) is 14.4. The van der Waals surface area contributed by atoms with Gasteiger partial charge >= 0.3 is 0 Å². The van der Waals surface area contributed by atoms with Gasteiger partial charge in [0.2, 0.25) is 5.91 Å². The second-order valence-corrected chi connectivity index (χ2v) is 6.33. The Kier molecular flexibility index (Phi) is 4.88. The summed E-state index contributed by atoms with van der Waals surface area (Å²) >= 11 is 0. The highest BCUT2D eigenvalue weighted by Crippen LogP contribution is 2.33. The Morgan fingerprint density at radius 2 is 1.95 bits per heavy atom. The lowest BCUT2D eigenvalue weighted by Crippen LogP contribution is -2.47. The Labute approximate surface area is 128 Å². The van der Waals surface area contributed by atoms with Gasteiger partial charge in [0.05, 0.1) is 11.7 Å². The summed E-state index contributed by atoms with van der Waals surface area (Å²) < 4.78 is 0. The lowest BCUT2D eigenvalue weighted by Gasteiger charge is -2.36. The molecule has 0 spiro atoms. The monoisotopic (exact) mass is 289 g/mol. The standard InChI is InChI=1S/C17H27N3O/c1-13(18(4)5)11-17-12-14(2)19(20(17)15(3)21)16-9-7-6-8-10-16/h6-10,13-14,17H,11-12H2,1-5H3. The number of carbonyl (C=O) groups excluding carboxylic acids is 1. The number of para-hydroxylation sites is 1. The third-order valence-corrected chi connectivity index (χ3v) is 4.45. The van der Waals surface area contributed by atoms with Crippen molar-refractivity contribution in [2.24, 2.45) is 0 Å². The summed E-state index contributed by atoms with van der Waals surface area (Å²) in [6, 6.07) is 11.3. The zero-order valence-electron chi connectivity index (χ0n) is 13.8. The fourth-order valence-corrected chi connectivity index (χ4v) is 3.15. The van der Waals surface area contributed by atoms with E-state index >= 15 is 0 Å². The van der Waals surface area contributed by atoms with E-state index in [0.29, 0.717) is 12.1 Å². The molecular formula is C17H27N3O. The summed E-state index contributed by atoms with van der Waals surface area (Å²) in [5.74, 6) is 0.124. The van der Waals surface area contributed by atoms with Crippen LogP contribution in [0.25, 0.3) is 0 Å². The zero-order chi connectivity index (χ0) is 15.6. The second kappa shape index (κ2) is 6.48. The Morgan fingerprint density at radius 1 is 1.33 bits per heavy atom. The lowest BCUT2D eigenvalue weighted by atomic mass is 10.0. The van der Waals surface area contributed by atoms with Crippen molar-refractivity contribution in [2.75, 3.05) is 19.1 Å². The van der Waals surface area contributed by atoms with Crippen LogP contribution in [-0.4, -0.2) is 48.0 Å². The minimum Gasteiger partial charge on any atom is -0.307 e. The van der Waals surface area contributed by atoms with Crippen LogP contribution in [0.3, 0.4) is 0 Å². The van der Waals surface area contributed by atoms with Gasteiger partial charge in [-0.3, -0.25) is 14.8 Å². The maximum absolute atomic E-state index is 12.2. The van der Waals surface area contributed by atoms with Gasteiger partial charge in [0.1, 0.15) is 0 Å². The summed E-state index contributed by atoms with van der Waals surface area (Å²) in [6.45, 7) is 6.08. The highest BCUT2D eigenvalue weighted by Gasteiger charge is 2.39. The first-order chi connectivity index (χ1) is 9.91. The number of rotatable bonds is 4. The third kappa shape index (κ3) is 3.38. The molecule has 3 atom stereocenters. The fraction of sp³-hybridized carbons (Fsp3) is 0.588.